The SMILES string of the molecule is CC/C=C\C/C=C\C/C=C\C/C=C\C/C=C\C/C=C\C/C=C\C/C=C\CCCCCCC(=O)OC(COC(=O)CCCCCCC)COP(=O)([O-])OCC[N+](C)(C)C. The van der Waals surface area contributed by atoms with Crippen LogP contribution in [0.4, 0.5) is 0 Å². The molecule has 0 spiro atoms. The summed E-state index contributed by atoms with van der Waals surface area (Å²) in [4.78, 5) is 37.1. The Morgan fingerprint density at radius 3 is 1.45 bits per heavy atom. The second-order valence-corrected chi connectivity index (χ2v) is 16.7. The fraction of sp³-hybridized carbons (Fsp3) is 0.625. The second-order valence-electron chi connectivity index (χ2n) is 15.3. The maximum atomic E-state index is 12.6. The van der Waals surface area contributed by atoms with E-state index in [1.54, 1.807) is 0 Å². The molecule has 10 heteroatoms. The van der Waals surface area contributed by atoms with Crippen LogP contribution in [0.3, 0.4) is 0 Å². The summed E-state index contributed by atoms with van der Waals surface area (Å²) in [5.41, 5.74) is 0. The van der Waals surface area contributed by atoms with E-state index in [9.17, 15) is 19.0 Å². The number of likely N-dealkylation sites (N-methyl/N-ethyl adjacent to an activating group) is 1. The summed E-state index contributed by atoms with van der Waals surface area (Å²) in [5.74, 6) is -0.889. The van der Waals surface area contributed by atoms with Crippen LogP contribution in [-0.4, -0.2) is 70.0 Å². The molecule has 0 aromatic rings. The highest BCUT2D eigenvalue weighted by molar-refractivity contribution is 7.45. The standard InChI is InChI=1S/C48H80NO8P/c1-6-8-10-12-13-14-15-16-17-18-19-20-21-22-23-24-25-26-27-28-29-30-31-32-33-34-35-37-39-41-48(51)57-46(44-54-47(50)40-38-36-11-9-7-2)45-56-58(52,53)55-43-42-49(3,4)5/h8,10,13-14,16-17,19-20,22-23,25-26,28-29,31-32,46H,6-7,9,11-12,15,18,21,24,27,30,33-45H2,1-5H3/b10-8-,14-13-,17-16-,20-19-,23-22-,26-25-,29-28-,32-31-. The van der Waals surface area contributed by atoms with Crippen LogP contribution in [0, 0.1) is 0 Å². The van der Waals surface area contributed by atoms with Crippen molar-refractivity contribution in [1.29, 1.82) is 0 Å². The van der Waals surface area contributed by atoms with Gasteiger partial charge in [0.2, 0.25) is 0 Å². The number of rotatable bonds is 38. The third-order valence-electron chi connectivity index (χ3n) is 8.62. The van der Waals surface area contributed by atoms with E-state index in [-0.39, 0.29) is 26.1 Å². The van der Waals surface area contributed by atoms with Crippen LogP contribution in [0.5, 0.6) is 0 Å². The van der Waals surface area contributed by atoms with E-state index in [1.165, 1.54) is 0 Å². The molecule has 9 nitrogen and oxygen atoms in total. The van der Waals surface area contributed by atoms with Crippen molar-refractivity contribution in [1.82, 2.24) is 0 Å². The smallest absolute Gasteiger partial charge is 0.306 e. The van der Waals surface area contributed by atoms with Gasteiger partial charge >= 0.3 is 11.9 Å². The van der Waals surface area contributed by atoms with Crippen LogP contribution in [-0.2, 0) is 32.7 Å². The minimum atomic E-state index is -4.63. The Kier molecular flexibility index (Phi) is 37.3. The van der Waals surface area contributed by atoms with Crippen LogP contribution in [0.1, 0.15) is 142 Å². The van der Waals surface area contributed by atoms with Gasteiger partial charge < -0.3 is 27.9 Å². The largest absolute Gasteiger partial charge is 0.756 e. The summed E-state index contributed by atoms with van der Waals surface area (Å²) >= 11 is 0. The quantitative estimate of drug-likeness (QED) is 0.0199. The van der Waals surface area contributed by atoms with Gasteiger partial charge in [0.15, 0.2) is 6.10 Å². The summed E-state index contributed by atoms with van der Waals surface area (Å²) in [5, 5.41) is 0. The third-order valence-corrected chi connectivity index (χ3v) is 9.58. The molecule has 0 aromatic carbocycles. The molecule has 2 atom stereocenters. The normalized spacial score (nSPS) is 14.5. The molecular weight excluding hydrogens is 750 g/mol. The number of nitrogens with zero attached hydrogens (tertiary/aromatic N) is 1. The van der Waals surface area contributed by atoms with Crippen LogP contribution < -0.4 is 4.89 Å². The number of phosphoric ester groups is 1. The Labute approximate surface area is 353 Å². The topological polar surface area (TPSA) is 111 Å². The van der Waals surface area contributed by atoms with Crippen molar-refractivity contribution in [3.8, 4) is 0 Å². The van der Waals surface area contributed by atoms with Crippen molar-refractivity contribution in [2.24, 2.45) is 0 Å². The Morgan fingerprint density at radius 1 is 0.552 bits per heavy atom. The van der Waals surface area contributed by atoms with Crippen molar-refractivity contribution < 1.29 is 42.1 Å². The van der Waals surface area contributed by atoms with Gasteiger partial charge in [0.05, 0.1) is 27.7 Å². The van der Waals surface area contributed by atoms with Gasteiger partial charge in [0.25, 0.3) is 7.82 Å². The van der Waals surface area contributed by atoms with Crippen LogP contribution in [0.15, 0.2) is 97.2 Å². The van der Waals surface area contributed by atoms with Gasteiger partial charge in [-0.2, -0.15) is 0 Å². The fourth-order valence-electron chi connectivity index (χ4n) is 5.20. The first-order valence-corrected chi connectivity index (χ1v) is 23.4. The highest BCUT2D eigenvalue weighted by Gasteiger charge is 2.21. The number of quaternary nitrogens is 1. The zero-order chi connectivity index (χ0) is 42.8. The average Bonchev–Trinajstić information content (AvgIpc) is 3.17. The molecule has 0 aliphatic rings. The molecule has 0 radical (unpaired) electrons. The molecule has 0 saturated carbocycles. The van der Waals surface area contributed by atoms with E-state index < -0.39 is 32.5 Å². The number of hydrogen-bond acceptors (Lipinski definition) is 8. The molecule has 0 N–H and O–H groups in total. The lowest BCUT2D eigenvalue weighted by molar-refractivity contribution is -0.870. The van der Waals surface area contributed by atoms with Crippen molar-refractivity contribution in [3.05, 3.63) is 97.2 Å². The molecule has 0 aliphatic heterocycles. The molecule has 0 heterocycles. The Morgan fingerprint density at radius 2 is 0.983 bits per heavy atom. The van der Waals surface area contributed by atoms with E-state index in [0.29, 0.717) is 23.9 Å². The molecule has 0 amide bonds. The molecule has 58 heavy (non-hydrogen) atoms. The van der Waals surface area contributed by atoms with Gasteiger partial charge in [0, 0.05) is 12.8 Å². The summed E-state index contributed by atoms with van der Waals surface area (Å²) < 4.78 is 33.6. The van der Waals surface area contributed by atoms with Crippen LogP contribution in [0.2, 0.25) is 0 Å². The molecule has 2 unspecified atom stereocenters. The highest BCUT2D eigenvalue weighted by atomic mass is 31.2. The number of esters is 2. The molecule has 0 aliphatic carbocycles. The zero-order valence-electron chi connectivity index (χ0n) is 36.9. The minimum absolute atomic E-state index is 0.0414. The van der Waals surface area contributed by atoms with Gasteiger partial charge in [-0.3, -0.25) is 14.2 Å². The molecule has 0 rings (SSSR count). The molecule has 0 saturated heterocycles. The number of carbonyl (C=O) groups excluding carboxylic acids is 2. The lowest BCUT2D eigenvalue weighted by Gasteiger charge is -2.28. The molecule has 0 bridgehead atoms. The number of hydrogen-bond donors (Lipinski definition) is 0. The van der Waals surface area contributed by atoms with Gasteiger partial charge in [-0.25, -0.2) is 0 Å². The Bertz CT molecular complexity index is 1300. The molecule has 0 fully saturated rings. The average molecular weight is 830 g/mol. The maximum absolute atomic E-state index is 12.6. The first-order valence-electron chi connectivity index (χ1n) is 21.9. The second kappa shape index (κ2) is 39.4. The molecular formula is C48H80NO8P. The Balaban J connectivity index is 4.21. The number of phosphoric acid groups is 1. The van der Waals surface area contributed by atoms with E-state index in [1.807, 2.05) is 21.1 Å². The van der Waals surface area contributed by atoms with Crippen LogP contribution >= 0.6 is 7.82 Å². The lowest BCUT2D eigenvalue weighted by atomic mass is 10.1. The van der Waals surface area contributed by atoms with Crippen molar-refractivity contribution >= 4 is 19.8 Å². The summed E-state index contributed by atoms with van der Waals surface area (Å²) in [6.45, 7) is 3.95. The summed E-state index contributed by atoms with van der Waals surface area (Å²) in [6.07, 6.45) is 52.1. The first-order chi connectivity index (χ1) is 28.0. The third kappa shape index (κ3) is 42.5. The van der Waals surface area contributed by atoms with Crippen LogP contribution in [0.25, 0.3) is 0 Å². The highest BCUT2D eigenvalue weighted by Crippen LogP contribution is 2.38. The van der Waals surface area contributed by atoms with E-state index in [4.69, 9.17) is 18.5 Å². The zero-order valence-corrected chi connectivity index (χ0v) is 37.8. The van der Waals surface area contributed by atoms with E-state index in [2.05, 4.69) is 111 Å². The van der Waals surface area contributed by atoms with E-state index in [0.717, 1.165) is 103 Å². The van der Waals surface area contributed by atoms with Gasteiger partial charge in [-0.05, 0) is 77.0 Å². The van der Waals surface area contributed by atoms with Crippen molar-refractivity contribution in [2.75, 3.05) is 47.5 Å². The fourth-order valence-corrected chi connectivity index (χ4v) is 5.93. The summed E-state index contributed by atoms with van der Waals surface area (Å²) in [6, 6.07) is 0. The lowest BCUT2D eigenvalue weighted by Crippen LogP contribution is -2.37. The number of ether oxygens (including phenoxy) is 2. The number of allylic oxidation sites excluding steroid dienone is 16. The monoisotopic (exact) mass is 830 g/mol. The maximum Gasteiger partial charge on any atom is 0.306 e. The number of unbranched alkanes of at least 4 members (excludes halogenated alkanes) is 8. The number of carbonyl (C=O) groups is 2. The summed E-state index contributed by atoms with van der Waals surface area (Å²) in [7, 11) is 1.13. The minimum Gasteiger partial charge on any atom is -0.756 e. The molecule has 0 aromatic heterocycles. The van der Waals surface area contributed by atoms with Gasteiger partial charge in [-0.1, -0.05) is 150 Å². The van der Waals surface area contributed by atoms with Crippen molar-refractivity contribution in [3.63, 3.8) is 0 Å². The van der Waals surface area contributed by atoms with Gasteiger partial charge in [0.1, 0.15) is 19.8 Å². The van der Waals surface area contributed by atoms with Gasteiger partial charge in [-0.15, -0.1) is 0 Å². The Hall–Kier alpha value is -3.07. The van der Waals surface area contributed by atoms with E-state index >= 15 is 0 Å². The first kappa shape index (κ1) is 54.9. The predicted molar refractivity (Wildman–Crippen MR) is 240 cm³/mol. The predicted octanol–water partition coefficient (Wildman–Crippen LogP) is 11.9. The molecule has 330 valence electrons. The van der Waals surface area contributed by atoms with Crippen molar-refractivity contribution in [2.45, 2.75) is 148 Å².